The SMILES string of the molecule is CCC1CCC(=O)C(Cc2cc(OC)cc([N+](=O)[O-])c2)C1. The highest BCUT2D eigenvalue weighted by atomic mass is 16.6. The Kier molecular flexibility index (Phi) is 4.94. The van der Waals surface area contributed by atoms with E-state index in [-0.39, 0.29) is 17.4 Å². The van der Waals surface area contributed by atoms with Crippen molar-refractivity contribution in [1.29, 1.82) is 0 Å². The van der Waals surface area contributed by atoms with E-state index in [9.17, 15) is 14.9 Å². The second kappa shape index (κ2) is 6.70. The average Bonchev–Trinajstić information content (AvgIpc) is 2.49. The molecular formula is C16H21NO4. The Bertz CT molecular complexity index is 541. The number of nitrogens with zero attached hydrogens (tertiary/aromatic N) is 1. The van der Waals surface area contributed by atoms with Crippen molar-refractivity contribution < 1.29 is 14.5 Å². The molecular weight excluding hydrogens is 270 g/mol. The number of methoxy groups -OCH3 is 1. The minimum atomic E-state index is -0.427. The number of carbonyl (C=O) groups excluding carboxylic acids is 1. The zero-order valence-corrected chi connectivity index (χ0v) is 12.5. The number of ketones is 1. The molecule has 5 nitrogen and oxygen atoms in total. The molecule has 0 N–H and O–H groups in total. The number of nitro benzene ring substituents is 1. The number of ether oxygens (including phenoxy) is 1. The quantitative estimate of drug-likeness (QED) is 0.614. The Morgan fingerprint density at radius 2 is 2.14 bits per heavy atom. The van der Waals surface area contributed by atoms with Crippen LogP contribution in [0.4, 0.5) is 5.69 Å². The molecule has 0 aliphatic heterocycles. The van der Waals surface area contributed by atoms with E-state index in [4.69, 9.17) is 4.74 Å². The van der Waals surface area contributed by atoms with Crippen molar-refractivity contribution in [3.63, 3.8) is 0 Å². The number of benzene rings is 1. The Balaban J connectivity index is 2.19. The highest BCUT2D eigenvalue weighted by Gasteiger charge is 2.28. The molecule has 0 radical (unpaired) electrons. The molecule has 1 aromatic rings. The second-order valence-corrected chi connectivity index (χ2v) is 5.71. The standard InChI is InChI=1S/C16H21NO4/c1-3-11-4-5-16(18)13(6-11)7-12-8-14(17(19)20)10-15(9-12)21-2/h8-11,13H,3-7H2,1-2H3. The lowest BCUT2D eigenvalue weighted by atomic mass is 9.77. The summed E-state index contributed by atoms with van der Waals surface area (Å²) < 4.78 is 5.11. The highest BCUT2D eigenvalue weighted by molar-refractivity contribution is 5.82. The maximum absolute atomic E-state index is 12.1. The van der Waals surface area contributed by atoms with Crippen LogP contribution in [0.1, 0.15) is 38.2 Å². The predicted octanol–water partition coefficient (Wildman–Crippen LogP) is 3.54. The normalized spacial score (nSPS) is 22.1. The van der Waals surface area contributed by atoms with Crippen LogP contribution in [0, 0.1) is 22.0 Å². The van der Waals surface area contributed by atoms with Crippen molar-refractivity contribution in [2.24, 2.45) is 11.8 Å². The maximum Gasteiger partial charge on any atom is 0.273 e. The van der Waals surface area contributed by atoms with Crippen molar-refractivity contribution in [2.45, 2.75) is 39.0 Å². The fourth-order valence-electron chi connectivity index (χ4n) is 3.04. The number of hydrogen-bond acceptors (Lipinski definition) is 4. The summed E-state index contributed by atoms with van der Waals surface area (Å²) in [6, 6.07) is 4.74. The summed E-state index contributed by atoms with van der Waals surface area (Å²) in [5, 5.41) is 11.0. The van der Waals surface area contributed by atoms with Gasteiger partial charge in [-0.15, -0.1) is 0 Å². The van der Waals surface area contributed by atoms with E-state index < -0.39 is 4.92 Å². The van der Waals surface area contributed by atoms with Crippen LogP contribution in [0.15, 0.2) is 18.2 Å². The Morgan fingerprint density at radius 3 is 2.76 bits per heavy atom. The number of rotatable bonds is 5. The molecule has 21 heavy (non-hydrogen) atoms. The number of hydrogen-bond donors (Lipinski definition) is 0. The van der Waals surface area contributed by atoms with E-state index in [1.165, 1.54) is 13.2 Å². The summed E-state index contributed by atoms with van der Waals surface area (Å²) in [7, 11) is 1.49. The van der Waals surface area contributed by atoms with Gasteiger partial charge in [-0.05, 0) is 36.8 Å². The van der Waals surface area contributed by atoms with Gasteiger partial charge in [0.15, 0.2) is 0 Å². The third kappa shape index (κ3) is 3.80. The molecule has 1 saturated carbocycles. The van der Waals surface area contributed by atoms with Crippen LogP contribution in [0.3, 0.4) is 0 Å². The minimum absolute atomic E-state index is 0.0136. The first-order valence-corrected chi connectivity index (χ1v) is 7.38. The first-order valence-electron chi connectivity index (χ1n) is 7.38. The molecule has 114 valence electrons. The molecule has 0 amide bonds. The third-order valence-corrected chi connectivity index (χ3v) is 4.33. The zero-order valence-electron chi connectivity index (χ0n) is 12.5. The van der Waals surface area contributed by atoms with Crippen molar-refractivity contribution in [1.82, 2.24) is 0 Å². The summed E-state index contributed by atoms with van der Waals surface area (Å²) in [4.78, 5) is 22.6. The van der Waals surface area contributed by atoms with Gasteiger partial charge in [0.05, 0.1) is 18.1 Å². The molecule has 1 fully saturated rings. The second-order valence-electron chi connectivity index (χ2n) is 5.71. The van der Waals surface area contributed by atoms with Gasteiger partial charge in [0.1, 0.15) is 11.5 Å². The molecule has 2 atom stereocenters. The van der Waals surface area contributed by atoms with Gasteiger partial charge in [0.2, 0.25) is 0 Å². The zero-order chi connectivity index (χ0) is 15.4. The monoisotopic (exact) mass is 291 g/mol. The Labute approximate surface area is 124 Å². The molecule has 2 rings (SSSR count). The number of non-ortho nitro benzene ring substituents is 1. The molecule has 0 aromatic heterocycles. The van der Waals surface area contributed by atoms with Crippen LogP contribution in [0.5, 0.6) is 5.75 Å². The van der Waals surface area contributed by atoms with Gasteiger partial charge in [-0.3, -0.25) is 14.9 Å². The minimum Gasteiger partial charge on any atom is -0.496 e. The van der Waals surface area contributed by atoms with Crippen LogP contribution < -0.4 is 4.74 Å². The Morgan fingerprint density at radius 1 is 1.38 bits per heavy atom. The average molecular weight is 291 g/mol. The topological polar surface area (TPSA) is 69.4 Å². The molecule has 2 unspecified atom stereocenters. The summed E-state index contributed by atoms with van der Waals surface area (Å²) in [5.41, 5.74) is 0.816. The summed E-state index contributed by atoms with van der Waals surface area (Å²) >= 11 is 0. The molecule has 0 spiro atoms. The molecule has 1 aromatic carbocycles. The van der Waals surface area contributed by atoms with E-state index in [0.717, 1.165) is 24.8 Å². The van der Waals surface area contributed by atoms with Crippen molar-refractivity contribution in [3.8, 4) is 5.75 Å². The van der Waals surface area contributed by atoms with Gasteiger partial charge in [0, 0.05) is 18.4 Å². The molecule has 5 heteroatoms. The van der Waals surface area contributed by atoms with Crippen LogP contribution in [0.2, 0.25) is 0 Å². The van der Waals surface area contributed by atoms with Gasteiger partial charge in [-0.2, -0.15) is 0 Å². The summed E-state index contributed by atoms with van der Waals surface area (Å²) in [6.07, 6.45) is 4.15. The van der Waals surface area contributed by atoms with E-state index in [0.29, 0.717) is 24.5 Å². The van der Waals surface area contributed by atoms with E-state index >= 15 is 0 Å². The maximum atomic E-state index is 12.1. The molecule has 1 aliphatic rings. The fraction of sp³-hybridized carbons (Fsp3) is 0.562. The van der Waals surface area contributed by atoms with Crippen molar-refractivity contribution >= 4 is 11.5 Å². The third-order valence-electron chi connectivity index (χ3n) is 4.33. The van der Waals surface area contributed by atoms with Gasteiger partial charge >= 0.3 is 0 Å². The largest absolute Gasteiger partial charge is 0.496 e. The lowest BCUT2D eigenvalue weighted by Gasteiger charge is -2.27. The number of Topliss-reactive ketones (excluding diaryl/α,β-unsaturated/α-hetero) is 1. The van der Waals surface area contributed by atoms with Crippen LogP contribution >= 0.6 is 0 Å². The van der Waals surface area contributed by atoms with Gasteiger partial charge < -0.3 is 4.74 Å². The van der Waals surface area contributed by atoms with Crippen LogP contribution in [-0.4, -0.2) is 17.8 Å². The highest BCUT2D eigenvalue weighted by Crippen LogP contribution is 2.32. The van der Waals surface area contributed by atoms with Crippen LogP contribution in [-0.2, 0) is 11.2 Å². The number of nitro groups is 1. The van der Waals surface area contributed by atoms with Crippen molar-refractivity contribution in [2.75, 3.05) is 7.11 Å². The van der Waals surface area contributed by atoms with Gasteiger partial charge in [-0.25, -0.2) is 0 Å². The molecule has 0 heterocycles. The molecule has 1 aliphatic carbocycles. The van der Waals surface area contributed by atoms with Crippen molar-refractivity contribution in [3.05, 3.63) is 33.9 Å². The van der Waals surface area contributed by atoms with Gasteiger partial charge in [-0.1, -0.05) is 13.3 Å². The van der Waals surface area contributed by atoms with E-state index in [1.54, 1.807) is 12.1 Å². The summed E-state index contributed by atoms with van der Waals surface area (Å²) in [5.74, 6) is 1.32. The Hall–Kier alpha value is -1.91. The van der Waals surface area contributed by atoms with Gasteiger partial charge in [0.25, 0.3) is 5.69 Å². The first kappa shape index (κ1) is 15.5. The molecule has 0 bridgehead atoms. The molecule has 0 saturated heterocycles. The smallest absolute Gasteiger partial charge is 0.273 e. The predicted molar refractivity (Wildman–Crippen MR) is 79.5 cm³/mol. The lowest BCUT2D eigenvalue weighted by Crippen LogP contribution is -2.26. The van der Waals surface area contributed by atoms with E-state index in [2.05, 4.69) is 6.92 Å². The van der Waals surface area contributed by atoms with Crippen LogP contribution in [0.25, 0.3) is 0 Å². The fourth-order valence-corrected chi connectivity index (χ4v) is 3.04. The summed E-state index contributed by atoms with van der Waals surface area (Å²) in [6.45, 7) is 2.15. The lowest BCUT2D eigenvalue weighted by molar-refractivity contribution is -0.385. The first-order chi connectivity index (χ1) is 10.0. The van der Waals surface area contributed by atoms with E-state index in [1.807, 2.05) is 0 Å². The number of carbonyl (C=O) groups is 1.